The summed E-state index contributed by atoms with van der Waals surface area (Å²) in [5, 5.41) is 23.1. The van der Waals surface area contributed by atoms with Gasteiger partial charge >= 0.3 is 5.97 Å². The number of hydrogen-bond donors (Lipinski definition) is 2. The normalized spacial score (nSPS) is 11.8. The fourth-order valence-corrected chi connectivity index (χ4v) is 4.47. The Morgan fingerprint density at radius 2 is 1.70 bits per heavy atom. The lowest BCUT2D eigenvalue weighted by Gasteiger charge is -2.21. The number of aromatic hydroxyl groups is 2. The van der Waals surface area contributed by atoms with E-state index in [4.69, 9.17) is 21.1 Å². The van der Waals surface area contributed by atoms with E-state index in [9.17, 15) is 24.6 Å². The highest BCUT2D eigenvalue weighted by molar-refractivity contribution is 6.30. The second-order valence-corrected chi connectivity index (χ2v) is 8.89. The average Bonchev–Trinajstić information content (AvgIpc) is 2.90. The van der Waals surface area contributed by atoms with Crippen LogP contribution in [0.15, 0.2) is 65.5 Å². The number of carbonyl (C=O) groups excluding carboxylic acids is 2. The maximum atomic E-state index is 13.5. The molecule has 2 N–H and O–H groups in total. The lowest BCUT2D eigenvalue weighted by atomic mass is 9.85. The zero-order valence-electron chi connectivity index (χ0n) is 20.3. The van der Waals surface area contributed by atoms with Crippen LogP contribution in [0.4, 0.5) is 0 Å². The van der Waals surface area contributed by atoms with Crippen molar-refractivity contribution in [2.75, 3.05) is 14.2 Å². The quantitative estimate of drug-likeness (QED) is 0.271. The number of halogens is 1. The van der Waals surface area contributed by atoms with Crippen LogP contribution in [0.25, 0.3) is 10.9 Å². The number of fused-ring (bicyclic) bond motifs is 1. The van der Waals surface area contributed by atoms with Gasteiger partial charge in [-0.15, -0.1) is 0 Å². The number of methoxy groups -OCH3 is 2. The fourth-order valence-electron chi connectivity index (χ4n) is 4.34. The van der Waals surface area contributed by atoms with Crippen molar-refractivity contribution in [1.82, 2.24) is 4.57 Å². The minimum Gasteiger partial charge on any atom is -0.508 e. The molecule has 0 unspecified atom stereocenters. The number of carbonyl (C=O) groups is 2. The van der Waals surface area contributed by atoms with Crippen LogP contribution in [-0.4, -0.2) is 40.8 Å². The van der Waals surface area contributed by atoms with E-state index in [0.717, 1.165) is 0 Å². The second kappa shape index (κ2) is 10.4. The summed E-state index contributed by atoms with van der Waals surface area (Å²) in [5.41, 5.74) is 0.291. The van der Waals surface area contributed by atoms with Crippen molar-refractivity contribution >= 4 is 34.3 Å². The summed E-state index contributed by atoms with van der Waals surface area (Å²) in [7, 11) is 4.29. The molecule has 0 saturated carbocycles. The Morgan fingerprint density at radius 3 is 2.35 bits per heavy atom. The van der Waals surface area contributed by atoms with E-state index in [1.807, 2.05) is 0 Å². The van der Waals surface area contributed by atoms with Gasteiger partial charge in [-0.1, -0.05) is 11.6 Å². The number of benzene rings is 3. The van der Waals surface area contributed by atoms with E-state index >= 15 is 0 Å². The van der Waals surface area contributed by atoms with E-state index < -0.39 is 29.0 Å². The first-order valence-corrected chi connectivity index (χ1v) is 11.6. The molecule has 1 aromatic heterocycles. The summed E-state index contributed by atoms with van der Waals surface area (Å²) >= 11 is 5.92. The standard InChI is InChI=1S/C28H24ClNO7/c1-30-22-13-18(36-2)9-6-16(22)12-21(28(30)35)20(14-24(32)37-3)25-23(31)11-10-19(27(25)34)26(33)15-4-7-17(29)8-5-15/h4-13,20,31,34H,14H2,1-3H3/t20-/m0/s1. The highest BCUT2D eigenvalue weighted by Gasteiger charge is 2.30. The molecule has 1 heterocycles. The van der Waals surface area contributed by atoms with E-state index in [0.29, 0.717) is 21.7 Å². The third-order valence-corrected chi connectivity index (χ3v) is 6.58. The van der Waals surface area contributed by atoms with Gasteiger partial charge in [0.25, 0.3) is 5.56 Å². The van der Waals surface area contributed by atoms with Crippen LogP contribution in [-0.2, 0) is 16.6 Å². The summed E-state index contributed by atoms with van der Waals surface area (Å²) in [6.45, 7) is 0. The molecule has 0 bridgehead atoms. The molecule has 0 aliphatic heterocycles. The van der Waals surface area contributed by atoms with Crippen molar-refractivity contribution in [2.24, 2.45) is 7.05 Å². The van der Waals surface area contributed by atoms with E-state index in [2.05, 4.69) is 0 Å². The van der Waals surface area contributed by atoms with Crippen LogP contribution in [0, 0.1) is 0 Å². The highest BCUT2D eigenvalue weighted by atomic mass is 35.5. The molecule has 0 fully saturated rings. The van der Waals surface area contributed by atoms with Gasteiger partial charge in [0.2, 0.25) is 0 Å². The number of phenolic OH excluding ortho intramolecular Hbond substituents is 2. The Bertz CT molecular complexity index is 1570. The van der Waals surface area contributed by atoms with E-state index in [1.54, 1.807) is 43.4 Å². The Labute approximate surface area is 217 Å². The maximum absolute atomic E-state index is 13.5. The van der Waals surface area contributed by atoms with Gasteiger partial charge < -0.3 is 24.3 Å². The number of esters is 1. The number of ether oxygens (including phenoxy) is 2. The molecule has 0 aliphatic carbocycles. The lowest BCUT2D eigenvalue weighted by molar-refractivity contribution is -0.140. The summed E-state index contributed by atoms with van der Waals surface area (Å²) < 4.78 is 11.5. The largest absolute Gasteiger partial charge is 0.508 e. The molecule has 8 nitrogen and oxygen atoms in total. The molecule has 0 radical (unpaired) electrons. The van der Waals surface area contributed by atoms with Gasteiger partial charge in [0.05, 0.1) is 31.7 Å². The van der Waals surface area contributed by atoms with Crippen molar-refractivity contribution in [3.8, 4) is 17.2 Å². The van der Waals surface area contributed by atoms with E-state index in [1.165, 1.54) is 43.1 Å². The van der Waals surface area contributed by atoms with Crippen molar-refractivity contribution in [3.63, 3.8) is 0 Å². The Balaban J connectivity index is 1.94. The first-order chi connectivity index (χ1) is 17.7. The molecule has 190 valence electrons. The molecule has 37 heavy (non-hydrogen) atoms. The zero-order valence-corrected chi connectivity index (χ0v) is 21.1. The van der Waals surface area contributed by atoms with Gasteiger partial charge in [0, 0.05) is 40.7 Å². The van der Waals surface area contributed by atoms with Gasteiger partial charge in [-0.25, -0.2) is 0 Å². The number of nitrogens with zero attached hydrogens (tertiary/aromatic N) is 1. The lowest BCUT2D eigenvalue weighted by Crippen LogP contribution is -2.25. The van der Waals surface area contributed by atoms with Gasteiger partial charge in [0.1, 0.15) is 17.2 Å². The molecule has 4 aromatic rings. The first-order valence-electron chi connectivity index (χ1n) is 11.3. The number of pyridine rings is 1. The number of rotatable bonds is 7. The van der Waals surface area contributed by atoms with Crippen LogP contribution in [0.5, 0.6) is 17.2 Å². The minimum atomic E-state index is -1.12. The van der Waals surface area contributed by atoms with Crippen LogP contribution in [0.3, 0.4) is 0 Å². The molecule has 3 aromatic carbocycles. The number of ketones is 1. The third kappa shape index (κ3) is 4.88. The summed E-state index contributed by atoms with van der Waals surface area (Å²) in [4.78, 5) is 39.1. The van der Waals surface area contributed by atoms with Gasteiger partial charge in [-0.2, -0.15) is 0 Å². The predicted octanol–water partition coefficient (Wildman–Crippen LogP) is 4.54. The van der Waals surface area contributed by atoms with Crippen molar-refractivity contribution < 1.29 is 29.3 Å². The number of hydrogen-bond acceptors (Lipinski definition) is 7. The predicted molar refractivity (Wildman–Crippen MR) is 139 cm³/mol. The van der Waals surface area contributed by atoms with Crippen molar-refractivity contribution in [3.05, 3.63) is 98.3 Å². The molecular weight excluding hydrogens is 498 g/mol. The zero-order chi connectivity index (χ0) is 26.9. The first kappa shape index (κ1) is 25.8. The Morgan fingerprint density at radius 1 is 1.00 bits per heavy atom. The third-order valence-electron chi connectivity index (χ3n) is 6.33. The average molecular weight is 522 g/mol. The Hall–Kier alpha value is -4.30. The molecule has 0 aliphatic rings. The summed E-state index contributed by atoms with van der Waals surface area (Å²) in [5.74, 6) is -2.66. The maximum Gasteiger partial charge on any atom is 0.306 e. The summed E-state index contributed by atoms with van der Waals surface area (Å²) in [6, 6.07) is 15.4. The summed E-state index contributed by atoms with van der Waals surface area (Å²) in [6.07, 6.45) is -0.368. The second-order valence-electron chi connectivity index (χ2n) is 8.45. The van der Waals surface area contributed by atoms with Crippen LogP contribution in [0.2, 0.25) is 5.02 Å². The molecular formula is C28H24ClNO7. The van der Waals surface area contributed by atoms with Crippen molar-refractivity contribution in [1.29, 1.82) is 0 Å². The van der Waals surface area contributed by atoms with Gasteiger partial charge in [-0.05, 0) is 60.0 Å². The molecule has 0 amide bonds. The minimum absolute atomic E-state index is 0.104. The van der Waals surface area contributed by atoms with Crippen LogP contribution in [0.1, 0.15) is 39.4 Å². The number of phenols is 2. The number of aryl methyl sites for hydroxylation is 1. The van der Waals surface area contributed by atoms with E-state index in [-0.39, 0.29) is 34.4 Å². The topological polar surface area (TPSA) is 115 Å². The molecule has 4 rings (SSSR count). The van der Waals surface area contributed by atoms with Crippen LogP contribution >= 0.6 is 11.6 Å². The van der Waals surface area contributed by atoms with Gasteiger partial charge in [-0.3, -0.25) is 14.4 Å². The molecule has 0 saturated heterocycles. The number of aromatic nitrogens is 1. The molecule has 1 atom stereocenters. The fraction of sp³-hybridized carbons (Fsp3) is 0.179. The highest BCUT2D eigenvalue weighted by Crippen LogP contribution is 2.42. The van der Waals surface area contributed by atoms with Crippen LogP contribution < -0.4 is 10.3 Å². The molecule has 9 heteroatoms. The monoisotopic (exact) mass is 521 g/mol. The van der Waals surface area contributed by atoms with Gasteiger partial charge in [0.15, 0.2) is 5.78 Å². The van der Waals surface area contributed by atoms with Crippen molar-refractivity contribution in [2.45, 2.75) is 12.3 Å². The smallest absolute Gasteiger partial charge is 0.306 e. The Kier molecular flexibility index (Phi) is 7.22. The SMILES string of the molecule is COC(=O)C[C@H](c1c(O)ccc(C(=O)c2ccc(Cl)cc2)c1O)c1cc2ccc(OC)cc2n(C)c1=O. The molecule has 0 spiro atoms.